The maximum absolute atomic E-state index is 5.83. The highest BCUT2D eigenvalue weighted by Gasteiger charge is 2.15. The van der Waals surface area contributed by atoms with E-state index in [1.807, 2.05) is 24.9 Å². The Morgan fingerprint density at radius 3 is 2.72 bits per heavy atom. The molecule has 1 heterocycles. The van der Waals surface area contributed by atoms with Gasteiger partial charge in [0.2, 0.25) is 5.88 Å². The second-order valence-corrected chi connectivity index (χ2v) is 6.71. The molecule has 2 atom stereocenters. The first kappa shape index (κ1) is 21.7. The highest BCUT2D eigenvalue weighted by atomic mass is 79.9. The molecule has 142 valence electrons. The van der Waals surface area contributed by atoms with Gasteiger partial charge in [-0.1, -0.05) is 19.0 Å². The normalized spacial score (nSPS) is 13.7. The highest BCUT2D eigenvalue weighted by Crippen LogP contribution is 2.29. The molecule has 0 saturated heterocycles. The van der Waals surface area contributed by atoms with Gasteiger partial charge in [0.25, 0.3) is 0 Å². The van der Waals surface area contributed by atoms with Crippen molar-refractivity contribution in [2.24, 2.45) is 5.16 Å². The largest absolute Gasteiger partial charge is 0.471 e. The zero-order chi connectivity index (χ0) is 18.7. The molecular weight excluding hydrogens is 386 g/mol. The number of hydrogen-bond donors (Lipinski definition) is 0. The van der Waals surface area contributed by atoms with Crippen LogP contribution in [-0.4, -0.2) is 49.1 Å². The zero-order valence-electron chi connectivity index (χ0n) is 15.9. The van der Waals surface area contributed by atoms with E-state index in [1.54, 1.807) is 12.5 Å². The molecule has 25 heavy (non-hydrogen) atoms. The molecule has 0 fully saturated rings. The second kappa shape index (κ2) is 12.1. The molecule has 0 amide bonds. The Morgan fingerprint density at radius 2 is 2.12 bits per heavy atom. The summed E-state index contributed by atoms with van der Waals surface area (Å²) in [7, 11) is 1.95. The van der Waals surface area contributed by atoms with Crippen molar-refractivity contribution in [3.8, 4) is 5.88 Å². The average Bonchev–Trinajstić information content (AvgIpc) is 2.60. The Labute approximate surface area is 159 Å². The summed E-state index contributed by atoms with van der Waals surface area (Å²) in [6.07, 6.45) is 5.03. The molecule has 0 aromatic carbocycles. The van der Waals surface area contributed by atoms with Crippen LogP contribution < -0.4 is 4.74 Å². The molecule has 0 radical (unpaired) electrons. The van der Waals surface area contributed by atoms with E-state index in [1.165, 1.54) is 0 Å². The van der Waals surface area contributed by atoms with E-state index in [4.69, 9.17) is 14.3 Å². The van der Waals surface area contributed by atoms with Crippen LogP contribution >= 0.6 is 15.9 Å². The minimum absolute atomic E-state index is 0.0615. The first-order valence-electron chi connectivity index (χ1n) is 8.81. The van der Waals surface area contributed by atoms with Crippen LogP contribution in [0.2, 0.25) is 0 Å². The van der Waals surface area contributed by atoms with Crippen LogP contribution in [0.4, 0.5) is 0 Å². The van der Waals surface area contributed by atoms with Gasteiger partial charge in [-0.05, 0) is 48.7 Å². The molecule has 0 aliphatic rings. The lowest BCUT2D eigenvalue weighted by Gasteiger charge is -2.17. The van der Waals surface area contributed by atoms with Gasteiger partial charge >= 0.3 is 0 Å². The lowest BCUT2D eigenvalue weighted by molar-refractivity contribution is 0.0524. The van der Waals surface area contributed by atoms with Crippen LogP contribution in [0.1, 0.15) is 52.2 Å². The summed E-state index contributed by atoms with van der Waals surface area (Å²) in [6.45, 7) is 10.3. The summed E-state index contributed by atoms with van der Waals surface area (Å²) < 4.78 is 12.1. The topological polar surface area (TPSA) is 56.2 Å². The van der Waals surface area contributed by atoms with Gasteiger partial charge in [-0.2, -0.15) is 0 Å². The van der Waals surface area contributed by atoms with E-state index in [0.717, 1.165) is 36.0 Å². The number of ether oxygens (including phenoxy) is 2. The summed E-state index contributed by atoms with van der Waals surface area (Å²) in [5, 5.41) is 4.04. The van der Waals surface area contributed by atoms with E-state index in [0.29, 0.717) is 12.5 Å². The molecule has 0 bridgehead atoms. The molecule has 0 spiro atoms. The fourth-order valence-electron chi connectivity index (χ4n) is 1.96. The number of oxime groups is 1. The zero-order valence-corrected chi connectivity index (χ0v) is 17.5. The van der Waals surface area contributed by atoms with Gasteiger partial charge in [0.1, 0.15) is 12.4 Å². The van der Waals surface area contributed by atoms with E-state index in [2.05, 4.69) is 46.8 Å². The summed E-state index contributed by atoms with van der Waals surface area (Å²) >= 11 is 3.53. The number of hydrogen-bond acceptors (Lipinski definition) is 5. The molecule has 0 N–H and O–H groups in total. The molecule has 6 nitrogen and oxygen atoms in total. The van der Waals surface area contributed by atoms with E-state index < -0.39 is 0 Å². The Balaban J connectivity index is 2.67. The maximum Gasteiger partial charge on any atom is 0.228 e. The minimum Gasteiger partial charge on any atom is -0.471 e. The van der Waals surface area contributed by atoms with Gasteiger partial charge in [0.05, 0.1) is 11.1 Å². The molecule has 2 unspecified atom stereocenters. The summed E-state index contributed by atoms with van der Waals surface area (Å²) in [5.74, 6) is 0.556. The Hall–Kier alpha value is -1.34. The quantitative estimate of drug-likeness (QED) is 0.219. The first-order valence-corrected chi connectivity index (χ1v) is 9.60. The van der Waals surface area contributed by atoms with Crippen LogP contribution in [0, 0.1) is 0 Å². The lowest BCUT2D eigenvalue weighted by Crippen LogP contribution is -2.20. The molecular formula is C18H30BrN3O3. The lowest BCUT2D eigenvalue weighted by atomic mass is 10.1. The smallest absolute Gasteiger partial charge is 0.228 e. The molecule has 1 rings (SSSR count). The van der Waals surface area contributed by atoms with Gasteiger partial charge in [0.15, 0.2) is 6.10 Å². The SMILES string of the molecule is CCCOCC(C)Oc1ncc(C(CC)ON=CN(C)CC)cc1Br. The van der Waals surface area contributed by atoms with Crippen LogP contribution in [-0.2, 0) is 9.57 Å². The van der Waals surface area contributed by atoms with E-state index in [9.17, 15) is 0 Å². The Kier molecular flexibility index (Phi) is 10.5. The van der Waals surface area contributed by atoms with Gasteiger partial charge in [-0.15, -0.1) is 0 Å². The molecule has 1 aromatic rings. The van der Waals surface area contributed by atoms with Crippen molar-refractivity contribution < 1.29 is 14.3 Å². The van der Waals surface area contributed by atoms with Crippen molar-refractivity contribution in [3.63, 3.8) is 0 Å². The van der Waals surface area contributed by atoms with Crippen LogP contribution in [0.15, 0.2) is 21.9 Å². The van der Waals surface area contributed by atoms with Crippen molar-refractivity contribution in [1.29, 1.82) is 0 Å². The van der Waals surface area contributed by atoms with Gasteiger partial charge in [0, 0.05) is 32.0 Å². The van der Waals surface area contributed by atoms with Crippen molar-refractivity contribution in [2.75, 3.05) is 26.8 Å². The summed E-state index contributed by atoms with van der Waals surface area (Å²) in [6, 6.07) is 1.97. The third-order valence-corrected chi connectivity index (χ3v) is 4.08. The fourth-order valence-corrected chi connectivity index (χ4v) is 2.42. The fraction of sp³-hybridized carbons (Fsp3) is 0.667. The van der Waals surface area contributed by atoms with Gasteiger partial charge in [-0.3, -0.25) is 0 Å². The van der Waals surface area contributed by atoms with Crippen LogP contribution in [0.25, 0.3) is 0 Å². The Morgan fingerprint density at radius 1 is 1.36 bits per heavy atom. The van der Waals surface area contributed by atoms with Crippen LogP contribution in [0.3, 0.4) is 0 Å². The number of aromatic nitrogens is 1. The summed E-state index contributed by atoms with van der Waals surface area (Å²) in [4.78, 5) is 11.9. The van der Waals surface area contributed by atoms with Crippen molar-refractivity contribution in [1.82, 2.24) is 9.88 Å². The van der Waals surface area contributed by atoms with Crippen molar-refractivity contribution >= 4 is 22.3 Å². The summed E-state index contributed by atoms with van der Waals surface area (Å²) in [5.41, 5.74) is 0.952. The average molecular weight is 416 g/mol. The minimum atomic E-state index is -0.148. The third kappa shape index (κ3) is 8.05. The van der Waals surface area contributed by atoms with Crippen molar-refractivity contribution in [2.45, 2.75) is 52.7 Å². The Bertz CT molecular complexity index is 528. The first-order chi connectivity index (χ1) is 12.0. The predicted octanol–water partition coefficient (Wildman–Crippen LogP) is 4.40. The van der Waals surface area contributed by atoms with Crippen molar-refractivity contribution in [3.05, 3.63) is 22.3 Å². The van der Waals surface area contributed by atoms with E-state index >= 15 is 0 Å². The van der Waals surface area contributed by atoms with Gasteiger partial charge in [-0.25, -0.2) is 4.98 Å². The molecule has 0 aliphatic carbocycles. The maximum atomic E-state index is 5.83. The number of pyridine rings is 1. The second-order valence-electron chi connectivity index (χ2n) is 5.86. The van der Waals surface area contributed by atoms with E-state index in [-0.39, 0.29) is 12.2 Å². The molecule has 0 saturated carbocycles. The molecule has 1 aromatic heterocycles. The molecule has 7 heteroatoms. The standard InChI is InChI=1S/C18H30BrN3O3/c1-6-9-23-12-14(4)24-18-16(19)10-15(11-20-18)17(7-2)25-21-13-22(5)8-3/h10-11,13-14,17H,6-9,12H2,1-5H3. The number of halogens is 1. The highest BCUT2D eigenvalue weighted by molar-refractivity contribution is 9.10. The van der Waals surface area contributed by atoms with Gasteiger partial charge < -0.3 is 19.2 Å². The predicted molar refractivity (Wildman–Crippen MR) is 104 cm³/mol. The monoisotopic (exact) mass is 415 g/mol. The van der Waals surface area contributed by atoms with Crippen LogP contribution in [0.5, 0.6) is 5.88 Å². The third-order valence-electron chi connectivity index (χ3n) is 3.52. The molecule has 0 aliphatic heterocycles. The number of nitrogens with zero attached hydrogens (tertiary/aromatic N) is 3. The number of rotatable bonds is 12.